The molecular weight excluding hydrogens is 156 g/mol. The molecule has 0 heterocycles. The molecule has 1 rings (SSSR count). The molecule has 2 heteroatoms. The van der Waals surface area contributed by atoms with Gasteiger partial charge in [-0.25, -0.2) is 0 Å². The smallest absolute Gasteiger partial charge is 0.116 e. The van der Waals surface area contributed by atoms with Crippen molar-refractivity contribution in [2.75, 3.05) is 6.26 Å². The van der Waals surface area contributed by atoms with Crippen molar-refractivity contribution < 1.29 is 5.11 Å². The summed E-state index contributed by atoms with van der Waals surface area (Å²) in [6.45, 7) is 2.08. The van der Waals surface area contributed by atoms with Crippen molar-refractivity contribution in [3.8, 4) is 5.75 Å². The molecule has 0 saturated heterocycles. The Labute approximate surface area is 71.4 Å². The van der Waals surface area contributed by atoms with E-state index in [1.54, 1.807) is 23.9 Å². The van der Waals surface area contributed by atoms with Gasteiger partial charge in [0.1, 0.15) is 5.75 Å². The van der Waals surface area contributed by atoms with Crippen LogP contribution in [0.2, 0.25) is 0 Å². The lowest BCUT2D eigenvalue weighted by molar-refractivity contribution is 0.473. The first kappa shape index (κ1) is 8.47. The highest BCUT2D eigenvalue weighted by molar-refractivity contribution is 7.98. The first-order chi connectivity index (χ1) is 5.26. The maximum absolute atomic E-state index is 9.24. The molecule has 60 valence electrons. The van der Waals surface area contributed by atoms with E-state index >= 15 is 0 Å². The first-order valence-corrected chi connectivity index (χ1v) is 4.85. The highest BCUT2D eigenvalue weighted by atomic mass is 32.2. The zero-order valence-corrected chi connectivity index (χ0v) is 7.61. The van der Waals surface area contributed by atoms with Gasteiger partial charge in [-0.2, -0.15) is 0 Å². The fourth-order valence-electron chi connectivity index (χ4n) is 0.965. The average molecular weight is 168 g/mol. The molecule has 0 amide bonds. The molecule has 1 N–H and O–H groups in total. The van der Waals surface area contributed by atoms with Crippen molar-refractivity contribution in [2.24, 2.45) is 0 Å². The van der Waals surface area contributed by atoms with Crippen LogP contribution in [0.1, 0.15) is 12.5 Å². The predicted molar refractivity (Wildman–Crippen MR) is 49.3 cm³/mol. The van der Waals surface area contributed by atoms with E-state index < -0.39 is 0 Å². The normalized spacial score (nSPS) is 10.0. The second-order valence-corrected chi connectivity index (χ2v) is 3.27. The molecule has 0 aliphatic heterocycles. The van der Waals surface area contributed by atoms with Crippen LogP contribution in [0.4, 0.5) is 0 Å². The van der Waals surface area contributed by atoms with E-state index in [4.69, 9.17) is 0 Å². The Morgan fingerprint density at radius 2 is 2.09 bits per heavy atom. The van der Waals surface area contributed by atoms with E-state index in [1.165, 1.54) is 5.56 Å². The molecule has 1 aromatic rings. The van der Waals surface area contributed by atoms with E-state index in [0.717, 1.165) is 11.3 Å². The molecule has 0 saturated carbocycles. The Bertz CT molecular complexity index is 223. The average Bonchev–Trinajstić information content (AvgIpc) is 2.03. The van der Waals surface area contributed by atoms with Crippen LogP contribution in [0.15, 0.2) is 23.1 Å². The van der Waals surface area contributed by atoms with Gasteiger partial charge >= 0.3 is 0 Å². The minimum atomic E-state index is 0.369. The molecule has 11 heavy (non-hydrogen) atoms. The van der Waals surface area contributed by atoms with E-state index in [2.05, 4.69) is 13.0 Å². The van der Waals surface area contributed by atoms with Crippen molar-refractivity contribution in [2.45, 2.75) is 18.2 Å². The number of hydrogen-bond donors (Lipinski definition) is 1. The molecule has 0 aliphatic rings. The van der Waals surface area contributed by atoms with Crippen LogP contribution < -0.4 is 0 Å². The summed E-state index contributed by atoms with van der Waals surface area (Å²) in [6.07, 6.45) is 2.98. The van der Waals surface area contributed by atoms with Gasteiger partial charge in [0.05, 0.1) is 0 Å². The van der Waals surface area contributed by atoms with Gasteiger partial charge < -0.3 is 5.11 Å². The SMILES string of the molecule is CCc1cc(O)cc(SC)c1. The third-order valence-electron chi connectivity index (χ3n) is 1.60. The summed E-state index contributed by atoms with van der Waals surface area (Å²) < 4.78 is 0. The lowest BCUT2D eigenvalue weighted by Crippen LogP contribution is -1.80. The highest BCUT2D eigenvalue weighted by Crippen LogP contribution is 2.22. The zero-order valence-electron chi connectivity index (χ0n) is 6.79. The van der Waals surface area contributed by atoms with Crippen molar-refractivity contribution in [1.29, 1.82) is 0 Å². The quantitative estimate of drug-likeness (QED) is 0.685. The van der Waals surface area contributed by atoms with Gasteiger partial charge in [-0.15, -0.1) is 11.8 Å². The third-order valence-corrected chi connectivity index (χ3v) is 2.30. The minimum absolute atomic E-state index is 0.369. The van der Waals surface area contributed by atoms with Crippen LogP contribution in [0.5, 0.6) is 5.75 Å². The second kappa shape index (κ2) is 3.67. The summed E-state index contributed by atoms with van der Waals surface area (Å²) >= 11 is 1.65. The maximum Gasteiger partial charge on any atom is 0.116 e. The molecule has 0 aromatic heterocycles. The zero-order chi connectivity index (χ0) is 8.27. The Hall–Kier alpha value is -0.630. The molecule has 1 nitrogen and oxygen atoms in total. The summed E-state index contributed by atoms with van der Waals surface area (Å²) in [5, 5.41) is 9.24. The summed E-state index contributed by atoms with van der Waals surface area (Å²) in [5.41, 5.74) is 1.19. The molecule has 0 fully saturated rings. The number of phenols is 1. The number of rotatable bonds is 2. The summed E-state index contributed by atoms with van der Waals surface area (Å²) in [5.74, 6) is 0.369. The monoisotopic (exact) mass is 168 g/mol. The largest absolute Gasteiger partial charge is 0.508 e. The van der Waals surface area contributed by atoms with Crippen LogP contribution in [0.3, 0.4) is 0 Å². The Morgan fingerprint density at radius 1 is 1.36 bits per heavy atom. The van der Waals surface area contributed by atoms with Gasteiger partial charge in [-0.05, 0) is 36.4 Å². The number of aromatic hydroxyl groups is 1. The van der Waals surface area contributed by atoms with E-state index in [-0.39, 0.29) is 0 Å². The molecule has 0 aliphatic carbocycles. The topological polar surface area (TPSA) is 20.2 Å². The van der Waals surface area contributed by atoms with E-state index in [0.29, 0.717) is 5.75 Å². The number of hydrogen-bond acceptors (Lipinski definition) is 2. The van der Waals surface area contributed by atoms with Gasteiger partial charge in [0, 0.05) is 4.90 Å². The van der Waals surface area contributed by atoms with Crippen molar-refractivity contribution in [3.63, 3.8) is 0 Å². The number of aryl methyl sites for hydroxylation is 1. The number of benzene rings is 1. The predicted octanol–water partition coefficient (Wildman–Crippen LogP) is 2.68. The number of phenolic OH excluding ortho intramolecular Hbond substituents is 1. The standard InChI is InChI=1S/C9H12OS/c1-3-7-4-8(10)6-9(5-7)11-2/h4-6,10H,3H2,1-2H3. The van der Waals surface area contributed by atoms with Crippen molar-refractivity contribution in [3.05, 3.63) is 23.8 Å². The molecule has 0 bridgehead atoms. The third kappa shape index (κ3) is 2.15. The maximum atomic E-state index is 9.24. The fourth-order valence-corrected chi connectivity index (χ4v) is 1.47. The van der Waals surface area contributed by atoms with Crippen molar-refractivity contribution >= 4 is 11.8 Å². The number of thioether (sulfide) groups is 1. The highest BCUT2D eigenvalue weighted by Gasteiger charge is 1.96. The second-order valence-electron chi connectivity index (χ2n) is 2.39. The lowest BCUT2D eigenvalue weighted by atomic mass is 10.2. The molecule has 0 spiro atoms. The Morgan fingerprint density at radius 3 is 2.64 bits per heavy atom. The first-order valence-electron chi connectivity index (χ1n) is 3.63. The van der Waals surface area contributed by atoms with Gasteiger partial charge in [0.15, 0.2) is 0 Å². The molecule has 0 unspecified atom stereocenters. The van der Waals surface area contributed by atoms with Crippen LogP contribution in [0.25, 0.3) is 0 Å². The summed E-state index contributed by atoms with van der Waals surface area (Å²) in [7, 11) is 0. The lowest BCUT2D eigenvalue weighted by Gasteiger charge is -2.01. The van der Waals surface area contributed by atoms with E-state index in [1.807, 2.05) is 6.26 Å². The van der Waals surface area contributed by atoms with Crippen LogP contribution in [-0.4, -0.2) is 11.4 Å². The van der Waals surface area contributed by atoms with Gasteiger partial charge in [-0.3, -0.25) is 0 Å². The van der Waals surface area contributed by atoms with Crippen molar-refractivity contribution in [1.82, 2.24) is 0 Å². The fraction of sp³-hybridized carbons (Fsp3) is 0.333. The molecule has 1 aromatic carbocycles. The van der Waals surface area contributed by atoms with E-state index in [9.17, 15) is 5.11 Å². The Kier molecular flexibility index (Phi) is 2.83. The summed E-state index contributed by atoms with van der Waals surface area (Å²) in [6, 6.07) is 5.69. The van der Waals surface area contributed by atoms with Gasteiger partial charge in [0.25, 0.3) is 0 Å². The minimum Gasteiger partial charge on any atom is -0.508 e. The summed E-state index contributed by atoms with van der Waals surface area (Å²) in [4.78, 5) is 1.13. The Balaban J connectivity index is 3.02. The molecular formula is C9H12OS. The van der Waals surface area contributed by atoms with Crippen LogP contribution in [-0.2, 0) is 6.42 Å². The van der Waals surface area contributed by atoms with Crippen LogP contribution in [0, 0.1) is 0 Å². The molecule has 0 radical (unpaired) electrons. The van der Waals surface area contributed by atoms with Crippen LogP contribution >= 0.6 is 11.8 Å². The van der Waals surface area contributed by atoms with Gasteiger partial charge in [-0.1, -0.05) is 6.92 Å². The molecule has 0 atom stereocenters. The van der Waals surface area contributed by atoms with Gasteiger partial charge in [0.2, 0.25) is 0 Å².